The van der Waals surface area contributed by atoms with E-state index in [1.54, 1.807) is 5.43 Å². The Kier molecular flexibility index (Phi) is 3.56. The van der Waals surface area contributed by atoms with Crippen LogP contribution in [-0.2, 0) is 0 Å². The molecule has 1 amide bonds. The molecule has 0 aliphatic heterocycles. The molecule has 1 heterocycles. The van der Waals surface area contributed by atoms with Gasteiger partial charge < -0.3 is 0 Å². The molecule has 2 N–H and O–H groups in total. The molecule has 82 valence electrons. The highest BCUT2D eigenvalue weighted by Gasteiger charge is 2.26. The highest BCUT2D eigenvalue weighted by atomic mass is 19.4. The first kappa shape index (κ1) is 11.4. The molecule has 15 heavy (non-hydrogen) atoms. The summed E-state index contributed by atoms with van der Waals surface area (Å²) in [6.45, 7) is -1.30. The lowest BCUT2D eigenvalue weighted by Crippen LogP contribution is -2.42. The van der Waals surface area contributed by atoms with Gasteiger partial charge in [-0.1, -0.05) is 0 Å². The summed E-state index contributed by atoms with van der Waals surface area (Å²) in [5.41, 5.74) is 3.69. The van der Waals surface area contributed by atoms with Crippen molar-refractivity contribution in [2.75, 3.05) is 6.54 Å². The molecule has 1 aromatic heterocycles. The topological polar surface area (TPSA) is 66.9 Å². The molecule has 0 atom stereocenters. The first-order valence-corrected chi connectivity index (χ1v) is 3.84. The van der Waals surface area contributed by atoms with Crippen molar-refractivity contribution in [3.05, 3.63) is 24.3 Å². The zero-order valence-electron chi connectivity index (χ0n) is 7.38. The Hall–Kier alpha value is -1.70. The number of aromatic nitrogens is 2. The van der Waals surface area contributed by atoms with E-state index in [1.165, 1.54) is 18.7 Å². The van der Waals surface area contributed by atoms with Gasteiger partial charge in [0.2, 0.25) is 0 Å². The van der Waals surface area contributed by atoms with Gasteiger partial charge in [-0.25, -0.2) is 15.4 Å². The van der Waals surface area contributed by atoms with Crippen molar-refractivity contribution < 1.29 is 18.0 Å². The second-order valence-corrected chi connectivity index (χ2v) is 2.55. The molecule has 0 radical (unpaired) electrons. The van der Waals surface area contributed by atoms with Crippen molar-refractivity contribution in [1.82, 2.24) is 20.8 Å². The van der Waals surface area contributed by atoms with Crippen LogP contribution in [0, 0.1) is 0 Å². The first-order valence-electron chi connectivity index (χ1n) is 3.84. The fourth-order valence-electron chi connectivity index (χ4n) is 0.713. The zero-order valence-corrected chi connectivity index (χ0v) is 7.38. The van der Waals surface area contributed by atoms with Gasteiger partial charge in [0.05, 0.1) is 5.56 Å². The number of carbonyl (C=O) groups excluding carboxylic acids is 1. The summed E-state index contributed by atoms with van der Waals surface area (Å²) in [6, 6.07) is 0. The Morgan fingerprint density at radius 3 is 2.47 bits per heavy atom. The van der Waals surface area contributed by atoms with E-state index in [9.17, 15) is 18.0 Å². The van der Waals surface area contributed by atoms with Crippen molar-refractivity contribution in [1.29, 1.82) is 0 Å². The van der Waals surface area contributed by atoms with Crippen molar-refractivity contribution in [3.8, 4) is 0 Å². The SMILES string of the molecule is O=C(NNCC(F)(F)F)c1cncnc1. The standard InChI is InChI=1S/C7H7F3N4O/c8-7(9,10)3-13-14-6(15)5-1-11-4-12-2-5/h1-2,4,13H,3H2,(H,14,15). The summed E-state index contributed by atoms with van der Waals surface area (Å²) < 4.78 is 35.0. The fraction of sp³-hybridized carbons (Fsp3) is 0.286. The van der Waals surface area contributed by atoms with E-state index >= 15 is 0 Å². The Bertz CT molecular complexity index is 327. The lowest BCUT2D eigenvalue weighted by molar-refractivity contribution is -0.126. The van der Waals surface area contributed by atoms with E-state index in [1.807, 2.05) is 5.43 Å². The molecule has 1 aromatic rings. The van der Waals surface area contributed by atoms with Crippen molar-refractivity contribution in [2.24, 2.45) is 0 Å². The minimum atomic E-state index is -4.37. The quantitative estimate of drug-likeness (QED) is 0.717. The molecule has 8 heteroatoms. The maximum Gasteiger partial charge on any atom is 0.402 e. The van der Waals surface area contributed by atoms with Crippen molar-refractivity contribution >= 4 is 5.91 Å². The average Bonchev–Trinajstić information content (AvgIpc) is 2.17. The van der Waals surface area contributed by atoms with E-state index in [2.05, 4.69) is 9.97 Å². The maximum absolute atomic E-state index is 11.7. The number of nitrogens with zero attached hydrogens (tertiary/aromatic N) is 2. The molecule has 0 saturated carbocycles. The van der Waals surface area contributed by atoms with Crippen LogP contribution in [0.15, 0.2) is 18.7 Å². The van der Waals surface area contributed by atoms with E-state index in [0.717, 1.165) is 0 Å². The smallest absolute Gasteiger partial charge is 0.287 e. The van der Waals surface area contributed by atoms with Crippen LogP contribution in [0.2, 0.25) is 0 Å². The third kappa shape index (κ3) is 4.36. The molecule has 0 aliphatic rings. The lowest BCUT2D eigenvalue weighted by Gasteiger charge is -2.08. The molecule has 0 saturated heterocycles. The van der Waals surface area contributed by atoms with Gasteiger partial charge in [-0.05, 0) is 0 Å². The monoisotopic (exact) mass is 220 g/mol. The molecular weight excluding hydrogens is 213 g/mol. The number of hydrogen-bond donors (Lipinski definition) is 2. The Morgan fingerprint density at radius 2 is 1.93 bits per heavy atom. The Balaban J connectivity index is 2.38. The second kappa shape index (κ2) is 4.69. The number of amides is 1. The van der Waals surface area contributed by atoms with Gasteiger partial charge in [-0.2, -0.15) is 13.2 Å². The summed E-state index contributed by atoms with van der Waals surface area (Å²) >= 11 is 0. The third-order valence-electron chi connectivity index (χ3n) is 1.31. The summed E-state index contributed by atoms with van der Waals surface area (Å²) in [5, 5.41) is 0. The van der Waals surface area contributed by atoms with E-state index in [0.29, 0.717) is 0 Å². The number of carbonyl (C=O) groups is 1. The van der Waals surface area contributed by atoms with Gasteiger partial charge in [0.1, 0.15) is 12.9 Å². The van der Waals surface area contributed by atoms with E-state index < -0.39 is 18.6 Å². The minimum Gasteiger partial charge on any atom is -0.287 e. The molecule has 0 aliphatic carbocycles. The highest BCUT2D eigenvalue weighted by molar-refractivity contribution is 5.93. The van der Waals surface area contributed by atoms with Crippen LogP contribution in [0.5, 0.6) is 0 Å². The number of alkyl halides is 3. The number of hydrogen-bond acceptors (Lipinski definition) is 4. The first-order chi connectivity index (χ1) is 6.99. The Morgan fingerprint density at radius 1 is 1.33 bits per heavy atom. The minimum absolute atomic E-state index is 0.0761. The average molecular weight is 220 g/mol. The maximum atomic E-state index is 11.7. The van der Waals surface area contributed by atoms with Crippen LogP contribution in [0.25, 0.3) is 0 Å². The van der Waals surface area contributed by atoms with Crippen LogP contribution in [0.4, 0.5) is 13.2 Å². The summed E-state index contributed by atoms with van der Waals surface area (Å²) in [6.07, 6.45) is -0.782. The third-order valence-corrected chi connectivity index (χ3v) is 1.31. The van der Waals surface area contributed by atoms with Gasteiger partial charge in [0.25, 0.3) is 5.91 Å². The van der Waals surface area contributed by atoms with Gasteiger partial charge in [-0.15, -0.1) is 0 Å². The summed E-state index contributed by atoms with van der Waals surface area (Å²) in [5.74, 6) is -0.722. The van der Waals surface area contributed by atoms with Crippen LogP contribution < -0.4 is 10.9 Å². The molecule has 0 unspecified atom stereocenters. The van der Waals surface area contributed by atoms with Crippen molar-refractivity contribution in [2.45, 2.75) is 6.18 Å². The molecule has 1 rings (SSSR count). The van der Waals surface area contributed by atoms with Gasteiger partial charge in [0.15, 0.2) is 0 Å². The predicted molar refractivity (Wildman–Crippen MR) is 43.6 cm³/mol. The highest BCUT2D eigenvalue weighted by Crippen LogP contribution is 2.11. The lowest BCUT2D eigenvalue weighted by atomic mass is 10.3. The Labute approximate surface area is 82.7 Å². The molecule has 0 spiro atoms. The zero-order chi connectivity index (χ0) is 11.3. The summed E-state index contributed by atoms with van der Waals surface area (Å²) in [7, 11) is 0. The number of halogens is 3. The summed E-state index contributed by atoms with van der Waals surface area (Å²) in [4.78, 5) is 18.2. The normalized spacial score (nSPS) is 11.1. The van der Waals surface area contributed by atoms with Gasteiger partial charge >= 0.3 is 6.18 Å². The van der Waals surface area contributed by atoms with Crippen LogP contribution >= 0.6 is 0 Å². The van der Waals surface area contributed by atoms with Crippen LogP contribution in [0.1, 0.15) is 10.4 Å². The number of rotatable bonds is 3. The van der Waals surface area contributed by atoms with Gasteiger partial charge in [0, 0.05) is 12.4 Å². The molecular formula is C7H7F3N4O. The molecule has 0 aromatic carbocycles. The van der Waals surface area contributed by atoms with Crippen LogP contribution in [-0.4, -0.2) is 28.6 Å². The van der Waals surface area contributed by atoms with Gasteiger partial charge in [-0.3, -0.25) is 10.2 Å². The molecule has 5 nitrogen and oxygen atoms in total. The number of hydrazine groups is 1. The molecule has 0 bridgehead atoms. The second-order valence-electron chi connectivity index (χ2n) is 2.55. The predicted octanol–water partition coefficient (Wildman–Crippen LogP) is 0.273. The fourth-order valence-corrected chi connectivity index (χ4v) is 0.713. The molecule has 0 fully saturated rings. The van der Waals surface area contributed by atoms with Crippen LogP contribution in [0.3, 0.4) is 0 Å². The van der Waals surface area contributed by atoms with E-state index in [4.69, 9.17) is 0 Å². The van der Waals surface area contributed by atoms with Crippen molar-refractivity contribution in [3.63, 3.8) is 0 Å². The largest absolute Gasteiger partial charge is 0.402 e. The van der Waals surface area contributed by atoms with E-state index in [-0.39, 0.29) is 5.56 Å². The number of nitrogens with one attached hydrogen (secondary N) is 2.